The van der Waals surface area contributed by atoms with Crippen LogP contribution in [-0.2, 0) is 6.61 Å². The molecule has 4 rings (SSSR count). The fourth-order valence-electron chi connectivity index (χ4n) is 3.10. The largest absolute Gasteiger partial charge is 0.486 e. The lowest BCUT2D eigenvalue weighted by Gasteiger charge is -2.08. The molecule has 6 nitrogen and oxygen atoms in total. The molecular weight excluding hydrogens is 372 g/mol. The van der Waals surface area contributed by atoms with E-state index in [-0.39, 0.29) is 6.61 Å². The van der Waals surface area contributed by atoms with Crippen LogP contribution in [0.4, 0.5) is 0 Å². The van der Waals surface area contributed by atoms with Gasteiger partial charge in [0.05, 0.1) is 6.21 Å². The first-order chi connectivity index (χ1) is 13.5. The van der Waals surface area contributed by atoms with Crippen LogP contribution in [0.5, 0.6) is 5.75 Å². The van der Waals surface area contributed by atoms with E-state index in [1.54, 1.807) is 10.9 Å². The molecule has 2 atom stereocenters. The molecule has 0 amide bonds. The van der Waals surface area contributed by atoms with Crippen molar-refractivity contribution < 1.29 is 9.15 Å². The van der Waals surface area contributed by atoms with Gasteiger partial charge in [-0.25, -0.2) is 5.10 Å². The summed E-state index contributed by atoms with van der Waals surface area (Å²) in [6, 6.07) is 12.0. The summed E-state index contributed by atoms with van der Waals surface area (Å²) in [7, 11) is 0. The van der Waals surface area contributed by atoms with Crippen LogP contribution in [0.3, 0.4) is 0 Å². The van der Waals surface area contributed by atoms with E-state index in [0.29, 0.717) is 34.1 Å². The van der Waals surface area contributed by atoms with Gasteiger partial charge in [-0.3, -0.25) is 0 Å². The second kappa shape index (κ2) is 7.75. The molecule has 0 radical (unpaired) electrons. The van der Waals surface area contributed by atoms with E-state index in [0.717, 1.165) is 11.5 Å². The number of nitrogens with zero attached hydrogens (tertiary/aromatic N) is 3. The topological polar surface area (TPSA) is 68.3 Å². The second-order valence-electron chi connectivity index (χ2n) is 7.57. The van der Waals surface area contributed by atoms with Gasteiger partial charge in [-0.1, -0.05) is 32.9 Å². The Kier molecular flexibility index (Phi) is 5.17. The zero-order valence-electron chi connectivity index (χ0n) is 16.3. The highest BCUT2D eigenvalue weighted by Crippen LogP contribution is 2.47. The Balaban J connectivity index is 1.43. The molecule has 1 aliphatic carbocycles. The van der Waals surface area contributed by atoms with E-state index in [9.17, 15) is 0 Å². The van der Waals surface area contributed by atoms with Crippen molar-refractivity contribution in [1.29, 1.82) is 0 Å². The van der Waals surface area contributed by atoms with Gasteiger partial charge in [0.1, 0.15) is 23.9 Å². The van der Waals surface area contributed by atoms with Gasteiger partial charge in [-0.2, -0.15) is 14.9 Å². The van der Waals surface area contributed by atoms with Crippen molar-refractivity contribution in [3.8, 4) is 5.75 Å². The van der Waals surface area contributed by atoms with Crippen molar-refractivity contribution in [2.24, 2.45) is 11.0 Å². The molecule has 0 unspecified atom stereocenters. The monoisotopic (exact) mass is 396 g/mol. The fraction of sp³-hybridized carbons (Fsp3) is 0.381. The van der Waals surface area contributed by atoms with Crippen molar-refractivity contribution in [2.45, 2.75) is 45.6 Å². The molecule has 1 saturated carbocycles. The second-order valence-corrected chi connectivity index (χ2v) is 7.96. The lowest BCUT2D eigenvalue weighted by molar-refractivity contribution is 0.290. The molecule has 7 heteroatoms. The molecule has 0 spiro atoms. The van der Waals surface area contributed by atoms with E-state index in [4.69, 9.17) is 21.4 Å². The molecule has 146 valence electrons. The minimum atomic E-state index is 0.258. The van der Waals surface area contributed by atoms with Crippen LogP contribution >= 0.6 is 12.2 Å². The summed E-state index contributed by atoms with van der Waals surface area (Å²) < 4.78 is 13.7. The first-order valence-corrected chi connectivity index (χ1v) is 9.95. The maximum Gasteiger partial charge on any atom is 0.216 e. The highest BCUT2D eigenvalue weighted by molar-refractivity contribution is 7.71. The summed E-state index contributed by atoms with van der Waals surface area (Å²) in [6.45, 7) is 6.82. The number of furan rings is 1. The summed E-state index contributed by atoms with van der Waals surface area (Å²) in [5.74, 6) is 4.84. The summed E-state index contributed by atoms with van der Waals surface area (Å²) in [4.78, 5) is 0. The summed E-state index contributed by atoms with van der Waals surface area (Å²) in [5.41, 5.74) is 1.28. The highest BCUT2D eigenvalue weighted by Gasteiger charge is 2.36. The minimum Gasteiger partial charge on any atom is -0.486 e. The Morgan fingerprint density at radius 1 is 1.32 bits per heavy atom. The van der Waals surface area contributed by atoms with Crippen LogP contribution in [0.1, 0.15) is 61.9 Å². The highest BCUT2D eigenvalue weighted by atomic mass is 32.1. The molecule has 1 aromatic carbocycles. The predicted octanol–water partition coefficient (Wildman–Crippen LogP) is 5.24. The number of benzene rings is 1. The number of nitrogens with one attached hydrogen (secondary N) is 1. The Hall–Kier alpha value is -2.67. The van der Waals surface area contributed by atoms with Gasteiger partial charge in [0.2, 0.25) is 4.77 Å². The SMILES string of the molecule is CC(C)c1ccc(OCc2n[nH]c(=S)n2/N=C\c2ccc([C@@H]3C[C@H]3C)o2)cc1. The molecule has 0 aliphatic heterocycles. The third-order valence-electron chi connectivity index (χ3n) is 5.06. The average molecular weight is 397 g/mol. The van der Waals surface area contributed by atoms with E-state index < -0.39 is 0 Å². The van der Waals surface area contributed by atoms with Gasteiger partial charge in [-0.05, 0) is 60.3 Å². The van der Waals surface area contributed by atoms with Gasteiger partial charge >= 0.3 is 0 Å². The summed E-state index contributed by atoms with van der Waals surface area (Å²) >= 11 is 5.28. The van der Waals surface area contributed by atoms with Crippen LogP contribution in [0.25, 0.3) is 0 Å². The molecule has 1 aliphatic rings. The number of hydrogen-bond acceptors (Lipinski definition) is 5. The minimum absolute atomic E-state index is 0.258. The first kappa shape index (κ1) is 18.7. The predicted molar refractivity (Wildman–Crippen MR) is 110 cm³/mol. The third kappa shape index (κ3) is 4.09. The van der Waals surface area contributed by atoms with Gasteiger partial charge in [0, 0.05) is 5.92 Å². The maximum atomic E-state index is 5.86. The molecule has 2 heterocycles. The Morgan fingerprint density at radius 3 is 2.75 bits per heavy atom. The number of rotatable bonds is 7. The summed E-state index contributed by atoms with van der Waals surface area (Å²) in [5, 5.41) is 11.4. The number of aromatic nitrogens is 3. The van der Waals surface area contributed by atoms with Crippen molar-refractivity contribution in [1.82, 2.24) is 14.9 Å². The van der Waals surface area contributed by atoms with Crippen molar-refractivity contribution >= 4 is 18.4 Å². The fourth-order valence-corrected chi connectivity index (χ4v) is 3.30. The molecular formula is C21H24N4O2S. The van der Waals surface area contributed by atoms with E-state index in [1.165, 1.54) is 12.0 Å². The lowest BCUT2D eigenvalue weighted by Crippen LogP contribution is -2.04. The third-order valence-corrected chi connectivity index (χ3v) is 5.32. The van der Waals surface area contributed by atoms with Gasteiger partial charge in [0.15, 0.2) is 5.82 Å². The van der Waals surface area contributed by atoms with Crippen molar-refractivity contribution in [3.05, 3.63) is 64.1 Å². The maximum absolute atomic E-state index is 5.86. The number of ether oxygens (including phenoxy) is 1. The van der Waals surface area contributed by atoms with E-state index >= 15 is 0 Å². The molecule has 0 bridgehead atoms. The van der Waals surface area contributed by atoms with Crippen LogP contribution in [0.15, 0.2) is 45.9 Å². The number of H-pyrrole nitrogens is 1. The first-order valence-electron chi connectivity index (χ1n) is 9.54. The zero-order chi connectivity index (χ0) is 19.7. The summed E-state index contributed by atoms with van der Waals surface area (Å²) in [6.07, 6.45) is 2.85. The Labute approximate surface area is 169 Å². The van der Waals surface area contributed by atoms with Gasteiger partial charge in [-0.15, -0.1) is 0 Å². The van der Waals surface area contributed by atoms with Crippen LogP contribution in [-0.4, -0.2) is 21.1 Å². The lowest BCUT2D eigenvalue weighted by atomic mass is 10.0. The molecule has 28 heavy (non-hydrogen) atoms. The normalized spacial score (nSPS) is 18.9. The van der Waals surface area contributed by atoms with Crippen molar-refractivity contribution in [3.63, 3.8) is 0 Å². The quantitative estimate of drug-likeness (QED) is 0.438. The van der Waals surface area contributed by atoms with Crippen LogP contribution < -0.4 is 4.74 Å². The van der Waals surface area contributed by atoms with Gasteiger partial charge < -0.3 is 9.15 Å². The Morgan fingerprint density at radius 2 is 2.07 bits per heavy atom. The average Bonchev–Trinajstić information content (AvgIpc) is 3.08. The smallest absolute Gasteiger partial charge is 0.216 e. The van der Waals surface area contributed by atoms with E-state index in [1.807, 2.05) is 24.3 Å². The standard InChI is InChI=1S/C21H24N4O2S/c1-13(2)15-4-6-16(7-5-15)26-12-20-23-24-21(28)25(20)22-11-17-8-9-19(27-17)18-10-14(18)3/h4-9,11,13-14,18H,10,12H2,1-3H3,(H,24,28)/b22-11-/t14-,18-/m1/s1. The molecule has 0 saturated heterocycles. The van der Waals surface area contributed by atoms with E-state index in [2.05, 4.69) is 48.2 Å². The molecule has 3 aromatic rings. The molecule has 1 fully saturated rings. The number of aromatic amines is 1. The Bertz CT molecular complexity index is 1030. The van der Waals surface area contributed by atoms with Gasteiger partial charge in [0.25, 0.3) is 0 Å². The zero-order valence-corrected chi connectivity index (χ0v) is 17.1. The van der Waals surface area contributed by atoms with Crippen LogP contribution in [0.2, 0.25) is 0 Å². The van der Waals surface area contributed by atoms with Crippen LogP contribution in [0, 0.1) is 10.7 Å². The molecule has 2 aromatic heterocycles. The van der Waals surface area contributed by atoms with Crippen molar-refractivity contribution in [2.75, 3.05) is 0 Å². The molecule has 1 N–H and O–H groups in total. The number of hydrogen-bond donors (Lipinski definition) is 1.